The van der Waals surface area contributed by atoms with Crippen molar-refractivity contribution in [3.63, 3.8) is 0 Å². The van der Waals surface area contributed by atoms with Crippen LogP contribution in [0.25, 0.3) is 16.8 Å². The van der Waals surface area contributed by atoms with Crippen molar-refractivity contribution in [2.24, 2.45) is 5.92 Å². The predicted molar refractivity (Wildman–Crippen MR) is 101 cm³/mol. The summed E-state index contributed by atoms with van der Waals surface area (Å²) >= 11 is 0. The molecule has 2 N–H and O–H groups in total. The van der Waals surface area contributed by atoms with Gasteiger partial charge in [-0.3, -0.25) is 0 Å². The molecule has 0 bridgehead atoms. The second-order valence-corrected chi connectivity index (χ2v) is 6.91. The van der Waals surface area contributed by atoms with Crippen molar-refractivity contribution in [3.05, 3.63) is 42.6 Å². The molecule has 4 rings (SSSR count). The highest BCUT2D eigenvalue weighted by Gasteiger charge is 2.30. The zero-order chi connectivity index (χ0) is 18.1. The van der Waals surface area contributed by atoms with Gasteiger partial charge in [-0.1, -0.05) is 19.1 Å². The Morgan fingerprint density at radius 3 is 2.73 bits per heavy atom. The van der Waals surface area contributed by atoms with Gasteiger partial charge in [0.25, 0.3) is 0 Å². The molecule has 1 aliphatic carbocycles. The molecule has 1 aliphatic rings. The number of hydrogen-bond acceptors (Lipinski definition) is 5. The fourth-order valence-electron chi connectivity index (χ4n) is 2.88. The van der Waals surface area contributed by atoms with Crippen LogP contribution in [0.3, 0.4) is 0 Å². The number of pyridine rings is 1. The van der Waals surface area contributed by atoms with Gasteiger partial charge < -0.3 is 15.2 Å². The van der Waals surface area contributed by atoms with E-state index in [-0.39, 0.29) is 6.10 Å². The van der Waals surface area contributed by atoms with E-state index in [0.717, 1.165) is 41.8 Å². The number of aliphatic hydroxyl groups excluding tert-OH is 1. The third-order valence-corrected chi connectivity index (χ3v) is 4.79. The zero-order valence-corrected chi connectivity index (χ0v) is 15.1. The van der Waals surface area contributed by atoms with Crippen LogP contribution in [0.4, 0.5) is 5.95 Å². The van der Waals surface area contributed by atoms with E-state index in [1.54, 1.807) is 4.52 Å². The van der Waals surface area contributed by atoms with Crippen LogP contribution in [-0.4, -0.2) is 32.0 Å². The molecule has 3 aromatic rings. The lowest BCUT2D eigenvalue weighted by Gasteiger charge is -2.12. The topological polar surface area (TPSA) is 71.7 Å². The normalized spacial score (nSPS) is 16.4. The highest BCUT2D eigenvalue weighted by atomic mass is 16.5. The van der Waals surface area contributed by atoms with E-state index in [1.807, 2.05) is 42.6 Å². The smallest absolute Gasteiger partial charge is 0.245 e. The van der Waals surface area contributed by atoms with Crippen LogP contribution in [0.1, 0.15) is 33.1 Å². The Bertz CT molecular complexity index is 886. The second kappa shape index (κ2) is 6.96. The highest BCUT2D eigenvalue weighted by Crippen LogP contribution is 2.33. The number of aliphatic hydroxyl groups is 1. The lowest BCUT2D eigenvalue weighted by atomic mass is 10.1. The van der Waals surface area contributed by atoms with E-state index in [0.29, 0.717) is 11.9 Å². The largest absolute Gasteiger partial charge is 0.491 e. The van der Waals surface area contributed by atoms with E-state index in [4.69, 9.17) is 4.74 Å². The predicted octanol–water partition coefficient (Wildman–Crippen LogP) is 3.71. The number of rotatable bonds is 7. The van der Waals surface area contributed by atoms with E-state index in [1.165, 1.54) is 0 Å². The molecule has 0 radical (unpaired) electrons. The van der Waals surface area contributed by atoms with Crippen LogP contribution in [0.5, 0.6) is 5.75 Å². The van der Waals surface area contributed by atoms with Crippen molar-refractivity contribution in [2.75, 3.05) is 5.32 Å². The first-order chi connectivity index (χ1) is 12.6. The molecule has 0 amide bonds. The number of benzene rings is 1. The summed E-state index contributed by atoms with van der Waals surface area (Å²) in [7, 11) is 0. The summed E-state index contributed by atoms with van der Waals surface area (Å²) in [4.78, 5) is 4.57. The molecule has 1 aromatic carbocycles. The fourth-order valence-corrected chi connectivity index (χ4v) is 2.88. The first-order valence-corrected chi connectivity index (χ1v) is 9.21. The van der Waals surface area contributed by atoms with Crippen molar-refractivity contribution in [1.82, 2.24) is 14.6 Å². The molecule has 2 unspecified atom stereocenters. The molecular weight excluding hydrogens is 328 g/mol. The van der Waals surface area contributed by atoms with Gasteiger partial charge in [-0.15, -0.1) is 5.10 Å². The number of hydrogen-bond donors (Lipinski definition) is 2. The zero-order valence-electron chi connectivity index (χ0n) is 15.1. The maximum atomic E-state index is 10.1. The van der Waals surface area contributed by atoms with Crippen LogP contribution in [0, 0.1) is 5.92 Å². The van der Waals surface area contributed by atoms with Crippen molar-refractivity contribution < 1.29 is 9.84 Å². The number of nitrogens with one attached hydrogen (secondary N) is 1. The minimum absolute atomic E-state index is 0.201. The molecule has 0 aliphatic heterocycles. The molecule has 2 heterocycles. The Morgan fingerprint density at radius 2 is 2.04 bits per heavy atom. The number of anilines is 1. The number of nitrogens with zero attached hydrogens (tertiary/aromatic N) is 3. The summed E-state index contributed by atoms with van der Waals surface area (Å²) < 4.78 is 7.58. The van der Waals surface area contributed by atoms with Crippen LogP contribution < -0.4 is 10.1 Å². The van der Waals surface area contributed by atoms with Gasteiger partial charge in [-0.2, -0.15) is 4.98 Å². The number of fused-ring (bicyclic) bond motifs is 1. The molecule has 1 saturated carbocycles. The Labute approximate surface area is 152 Å². The van der Waals surface area contributed by atoms with Crippen LogP contribution in [0.15, 0.2) is 42.6 Å². The molecule has 136 valence electrons. The van der Waals surface area contributed by atoms with Crippen LogP contribution in [0.2, 0.25) is 0 Å². The summed E-state index contributed by atoms with van der Waals surface area (Å²) in [5.41, 5.74) is 2.80. The summed E-state index contributed by atoms with van der Waals surface area (Å²) in [6, 6.07) is 12.0. The van der Waals surface area contributed by atoms with Gasteiger partial charge in [0.15, 0.2) is 5.65 Å². The van der Waals surface area contributed by atoms with E-state index in [9.17, 15) is 5.11 Å². The monoisotopic (exact) mass is 352 g/mol. The Morgan fingerprint density at radius 1 is 1.27 bits per heavy atom. The maximum absolute atomic E-state index is 10.1. The summed E-state index contributed by atoms with van der Waals surface area (Å²) in [6.45, 7) is 4.17. The molecule has 0 saturated heterocycles. The van der Waals surface area contributed by atoms with Crippen LogP contribution in [-0.2, 0) is 0 Å². The van der Waals surface area contributed by atoms with Crippen LogP contribution >= 0.6 is 0 Å². The lowest BCUT2D eigenvalue weighted by Crippen LogP contribution is -2.21. The van der Waals surface area contributed by atoms with Gasteiger partial charge in [-0.25, -0.2) is 4.52 Å². The summed E-state index contributed by atoms with van der Waals surface area (Å²) in [6.07, 6.45) is 4.57. The fraction of sp³-hybridized carbons (Fsp3) is 0.400. The average Bonchev–Trinajstić information content (AvgIpc) is 3.42. The highest BCUT2D eigenvalue weighted by molar-refractivity contribution is 5.78. The number of ether oxygens (including phenoxy) is 1. The second-order valence-electron chi connectivity index (χ2n) is 6.91. The molecule has 26 heavy (non-hydrogen) atoms. The van der Waals surface area contributed by atoms with Gasteiger partial charge in [-0.05, 0) is 56.0 Å². The molecule has 6 heteroatoms. The van der Waals surface area contributed by atoms with Crippen molar-refractivity contribution in [1.29, 1.82) is 0 Å². The third-order valence-electron chi connectivity index (χ3n) is 4.79. The summed E-state index contributed by atoms with van der Waals surface area (Å²) in [5, 5.41) is 17.5. The Balaban J connectivity index is 1.60. The minimum Gasteiger partial charge on any atom is -0.491 e. The molecule has 0 spiro atoms. The first kappa shape index (κ1) is 16.8. The standard InChI is InChI=1S/C20H24N4O2/c1-3-13(2)26-16-10-8-14(9-11-16)17-5-4-12-24-18(17)21-20(23-24)22-19(25)15-6-7-15/h4-5,8-13,15,19,25H,3,6-7H2,1-2H3,(H,22,23). The van der Waals surface area contributed by atoms with Gasteiger partial charge in [0.1, 0.15) is 12.0 Å². The van der Waals surface area contributed by atoms with E-state index >= 15 is 0 Å². The van der Waals surface area contributed by atoms with Crippen molar-refractivity contribution in [3.8, 4) is 16.9 Å². The third kappa shape index (κ3) is 3.51. The van der Waals surface area contributed by atoms with Gasteiger partial charge >= 0.3 is 0 Å². The van der Waals surface area contributed by atoms with Gasteiger partial charge in [0.2, 0.25) is 5.95 Å². The average molecular weight is 352 g/mol. The quantitative estimate of drug-likeness (QED) is 0.634. The Kier molecular flexibility index (Phi) is 4.51. The lowest BCUT2D eigenvalue weighted by molar-refractivity contribution is 0.179. The summed E-state index contributed by atoms with van der Waals surface area (Å²) in [5.74, 6) is 1.64. The molecule has 2 atom stereocenters. The van der Waals surface area contributed by atoms with Gasteiger partial charge in [0.05, 0.1) is 6.10 Å². The first-order valence-electron chi connectivity index (χ1n) is 9.21. The molecule has 2 aromatic heterocycles. The maximum Gasteiger partial charge on any atom is 0.245 e. The molecular formula is C20H24N4O2. The minimum atomic E-state index is -0.576. The van der Waals surface area contributed by atoms with Gasteiger partial charge in [0, 0.05) is 17.7 Å². The van der Waals surface area contributed by atoms with E-state index < -0.39 is 6.23 Å². The Hall–Kier alpha value is -2.60. The van der Waals surface area contributed by atoms with Crippen molar-refractivity contribution >= 4 is 11.6 Å². The SMILES string of the molecule is CCC(C)Oc1ccc(-c2cccn3nc(NC(O)C4CC4)nc23)cc1. The molecule has 1 fully saturated rings. The van der Waals surface area contributed by atoms with E-state index in [2.05, 4.69) is 29.2 Å². The molecule has 6 nitrogen and oxygen atoms in total. The number of aromatic nitrogens is 3. The van der Waals surface area contributed by atoms with Crippen molar-refractivity contribution in [2.45, 2.75) is 45.4 Å².